The van der Waals surface area contributed by atoms with E-state index in [1.54, 1.807) is 0 Å². The molecule has 3 rings (SSSR count). The zero-order valence-electron chi connectivity index (χ0n) is 12.1. The number of likely N-dealkylation sites (tertiary alicyclic amines) is 1. The van der Waals surface area contributed by atoms with Crippen molar-refractivity contribution in [3.63, 3.8) is 0 Å². The Hall–Kier alpha value is -1.35. The fraction of sp³-hybridized carbons (Fsp3) is 0.333. The second-order valence-electron chi connectivity index (χ2n) is 5.93. The molecule has 0 aliphatic carbocycles. The molecular weight excluding hydrogens is 280 g/mol. The van der Waals surface area contributed by atoms with E-state index in [4.69, 9.17) is 17.3 Å². The molecule has 1 saturated heterocycles. The van der Waals surface area contributed by atoms with Crippen molar-refractivity contribution in [1.29, 1.82) is 0 Å². The lowest BCUT2D eigenvalue weighted by molar-refractivity contribution is 0.155. The number of rotatable bonds is 3. The highest BCUT2D eigenvalue weighted by atomic mass is 35.5. The van der Waals surface area contributed by atoms with Crippen LogP contribution in [0.4, 0.5) is 0 Å². The number of nitrogens with two attached hydrogens (primary N) is 1. The van der Waals surface area contributed by atoms with Gasteiger partial charge in [0, 0.05) is 30.2 Å². The molecule has 0 bridgehead atoms. The lowest BCUT2D eigenvalue weighted by Gasteiger charge is -2.39. The molecule has 0 unspecified atom stereocenters. The van der Waals surface area contributed by atoms with Crippen LogP contribution in [0.25, 0.3) is 0 Å². The largest absolute Gasteiger partial charge is 0.321 e. The molecule has 110 valence electrons. The first-order valence-corrected chi connectivity index (χ1v) is 7.85. The maximum Gasteiger partial charge on any atom is 0.0434 e. The number of nitrogens with zero attached hydrogens (tertiary/aromatic N) is 1. The molecule has 1 heterocycles. The van der Waals surface area contributed by atoms with Gasteiger partial charge >= 0.3 is 0 Å². The van der Waals surface area contributed by atoms with E-state index < -0.39 is 0 Å². The van der Waals surface area contributed by atoms with Gasteiger partial charge in [-0.2, -0.15) is 0 Å². The molecule has 1 aliphatic rings. The van der Waals surface area contributed by atoms with E-state index in [1.807, 2.05) is 18.2 Å². The molecule has 0 aromatic heterocycles. The van der Waals surface area contributed by atoms with E-state index in [1.165, 1.54) is 5.56 Å². The molecule has 0 saturated carbocycles. The molecule has 2 aromatic carbocycles. The minimum atomic E-state index is -0.238. The van der Waals surface area contributed by atoms with Gasteiger partial charge in [0.1, 0.15) is 0 Å². The van der Waals surface area contributed by atoms with Gasteiger partial charge in [0.15, 0.2) is 0 Å². The molecule has 0 amide bonds. The van der Waals surface area contributed by atoms with Crippen LogP contribution in [0.15, 0.2) is 54.6 Å². The molecule has 2 nitrogen and oxygen atoms in total. The van der Waals surface area contributed by atoms with E-state index in [0.29, 0.717) is 0 Å². The molecule has 1 fully saturated rings. The minimum absolute atomic E-state index is 0.238. The maximum absolute atomic E-state index is 6.62. The summed E-state index contributed by atoms with van der Waals surface area (Å²) < 4.78 is 0. The van der Waals surface area contributed by atoms with Gasteiger partial charge in [-0.3, -0.25) is 4.90 Å². The highest BCUT2D eigenvalue weighted by Gasteiger charge is 2.32. The summed E-state index contributed by atoms with van der Waals surface area (Å²) in [5.41, 5.74) is 8.91. The predicted molar refractivity (Wildman–Crippen MR) is 88.3 cm³/mol. The first-order valence-electron chi connectivity index (χ1n) is 7.47. The third-order valence-electron chi connectivity index (χ3n) is 4.40. The maximum atomic E-state index is 6.62. The molecule has 2 aromatic rings. The molecule has 0 spiro atoms. The van der Waals surface area contributed by atoms with Crippen LogP contribution < -0.4 is 5.73 Å². The Labute approximate surface area is 131 Å². The van der Waals surface area contributed by atoms with Crippen LogP contribution in [0.2, 0.25) is 5.02 Å². The van der Waals surface area contributed by atoms with Crippen molar-refractivity contribution < 1.29 is 0 Å². The number of hydrogen-bond acceptors (Lipinski definition) is 2. The average molecular weight is 301 g/mol. The van der Waals surface area contributed by atoms with E-state index >= 15 is 0 Å². The van der Waals surface area contributed by atoms with Crippen molar-refractivity contribution in [1.82, 2.24) is 4.90 Å². The van der Waals surface area contributed by atoms with Crippen molar-refractivity contribution in [2.24, 2.45) is 5.73 Å². The number of benzene rings is 2. The molecular formula is C18H21ClN2. The van der Waals surface area contributed by atoms with Crippen LogP contribution in [0.5, 0.6) is 0 Å². The summed E-state index contributed by atoms with van der Waals surface area (Å²) in [5.74, 6) is 0. The van der Waals surface area contributed by atoms with Gasteiger partial charge in [-0.05, 0) is 36.1 Å². The van der Waals surface area contributed by atoms with Crippen molar-refractivity contribution >= 4 is 11.6 Å². The molecule has 2 N–H and O–H groups in total. The fourth-order valence-corrected chi connectivity index (χ4v) is 3.23. The Morgan fingerprint density at radius 2 is 1.71 bits per heavy atom. The van der Waals surface area contributed by atoms with Gasteiger partial charge in [-0.15, -0.1) is 0 Å². The minimum Gasteiger partial charge on any atom is -0.321 e. The Bertz CT molecular complexity index is 589. The van der Waals surface area contributed by atoms with Gasteiger partial charge in [-0.1, -0.05) is 54.1 Å². The predicted octanol–water partition coefficient (Wildman–Crippen LogP) is 3.79. The highest BCUT2D eigenvalue weighted by Crippen LogP contribution is 2.32. The van der Waals surface area contributed by atoms with Crippen LogP contribution >= 0.6 is 11.6 Å². The van der Waals surface area contributed by atoms with Gasteiger partial charge < -0.3 is 5.73 Å². The van der Waals surface area contributed by atoms with E-state index in [9.17, 15) is 0 Å². The first-order chi connectivity index (χ1) is 10.2. The summed E-state index contributed by atoms with van der Waals surface area (Å²) in [7, 11) is 0. The van der Waals surface area contributed by atoms with Crippen LogP contribution in [-0.4, -0.2) is 18.0 Å². The lowest BCUT2D eigenvalue weighted by atomic mass is 9.82. The topological polar surface area (TPSA) is 29.3 Å². The van der Waals surface area contributed by atoms with Gasteiger partial charge in [0.05, 0.1) is 0 Å². The van der Waals surface area contributed by atoms with E-state index in [-0.39, 0.29) is 5.54 Å². The monoisotopic (exact) mass is 300 g/mol. The second kappa shape index (κ2) is 6.18. The summed E-state index contributed by atoms with van der Waals surface area (Å²) in [4.78, 5) is 2.48. The first kappa shape index (κ1) is 14.6. The van der Waals surface area contributed by atoms with Gasteiger partial charge in [0.25, 0.3) is 0 Å². The summed E-state index contributed by atoms with van der Waals surface area (Å²) in [6, 6.07) is 18.6. The molecule has 0 atom stereocenters. The second-order valence-corrected chi connectivity index (χ2v) is 6.36. The molecule has 3 heteroatoms. The Balaban J connectivity index is 1.64. The van der Waals surface area contributed by atoms with Crippen LogP contribution in [0.1, 0.15) is 24.0 Å². The fourth-order valence-electron chi connectivity index (χ4n) is 3.04. The third kappa shape index (κ3) is 3.46. The van der Waals surface area contributed by atoms with Gasteiger partial charge in [0.2, 0.25) is 0 Å². The van der Waals surface area contributed by atoms with Crippen molar-refractivity contribution in [2.45, 2.75) is 24.9 Å². The highest BCUT2D eigenvalue weighted by molar-refractivity contribution is 6.30. The smallest absolute Gasteiger partial charge is 0.0434 e. The lowest BCUT2D eigenvalue weighted by Crippen LogP contribution is -2.47. The zero-order valence-corrected chi connectivity index (χ0v) is 12.9. The van der Waals surface area contributed by atoms with Crippen molar-refractivity contribution in [2.75, 3.05) is 13.1 Å². The zero-order chi connectivity index (χ0) is 14.7. The summed E-state index contributed by atoms with van der Waals surface area (Å²) in [5, 5.41) is 0.768. The average Bonchev–Trinajstić information content (AvgIpc) is 2.51. The standard InChI is InChI=1S/C18H21ClN2/c19-17-8-4-7-16(13-17)18(20)9-11-21(12-10-18)14-15-5-2-1-3-6-15/h1-8,13H,9-12,14,20H2. The van der Waals surface area contributed by atoms with Gasteiger partial charge in [-0.25, -0.2) is 0 Å². The number of piperidine rings is 1. The summed E-state index contributed by atoms with van der Waals surface area (Å²) in [6.07, 6.45) is 1.94. The third-order valence-corrected chi connectivity index (χ3v) is 4.63. The number of halogens is 1. The van der Waals surface area contributed by atoms with Crippen molar-refractivity contribution in [3.8, 4) is 0 Å². The summed E-state index contributed by atoms with van der Waals surface area (Å²) in [6.45, 7) is 3.06. The van der Waals surface area contributed by atoms with Crippen LogP contribution in [0.3, 0.4) is 0 Å². The number of hydrogen-bond donors (Lipinski definition) is 1. The Kier molecular flexibility index (Phi) is 4.29. The van der Waals surface area contributed by atoms with E-state index in [2.05, 4.69) is 41.3 Å². The quantitative estimate of drug-likeness (QED) is 0.934. The van der Waals surface area contributed by atoms with Crippen molar-refractivity contribution in [3.05, 3.63) is 70.7 Å². The van der Waals surface area contributed by atoms with Crippen LogP contribution in [0, 0.1) is 0 Å². The van der Waals surface area contributed by atoms with E-state index in [0.717, 1.165) is 43.1 Å². The normalized spacial score (nSPS) is 18.6. The Morgan fingerprint density at radius 3 is 2.38 bits per heavy atom. The molecule has 21 heavy (non-hydrogen) atoms. The summed E-state index contributed by atoms with van der Waals surface area (Å²) >= 11 is 6.10. The van der Waals surface area contributed by atoms with Crippen LogP contribution in [-0.2, 0) is 12.1 Å². The molecule has 0 radical (unpaired) electrons. The molecule has 1 aliphatic heterocycles. The SMILES string of the molecule is NC1(c2cccc(Cl)c2)CCN(Cc2ccccc2)CC1. The Morgan fingerprint density at radius 1 is 1.00 bits per heavy atom.